The molecule has 0 aromatic carbocycles. The number of carbonyl (C=O) groups excluding carboxylic acids is 1. The molecule has 0 bridgehead atoms. The average molecular weight is 253 g/mol. The molecule has 100 valence electrons. The number of carbonyl (C=O) groups is 2. The lowest BCUT2D eigenvalue weighted by Crippen LogP contribution is -2.26. The lowest BCUT2D eigenvalue weighted by atomic mass is 10.0. The molecule has 1 amide bonds. The largest absolute Gasteiger partial charge is 0.481 e. The molecule has 0 saturated heterocycles. The quantitative estimate of drug-likeness (QED) is 0.760. The Morgan fingerprint density at radius 3 is 2.78 bits per heavy atom. The Morgan fingerprint density at radius 2 is 2.22 bits per heavy atom. The van der Waals surface area contributed by atoms with Gasteiger partial charge in [0.05, 0.1) is 6.33 Å². The van der Waals surface area contributed by atoms with Gasteiger partial charge in [-0.15, -0.1) is 0 Å². The number of amides is 1. The number of aliphatic carboxylic acids is 1. The number of nitrogens with zero attached hydrogens (tertiary/aromatic N) is 2. The van der Waals surface area contributed by atoms with Crippen LogP contribution in [0.4, 0.5) is 0 Å². The molecule has 1 aromatic rings. The third-order valence-corrected chi connectivity index (χ3v) is 2.71. The Morgan fingerprint density at radius 1 is 1.50 bits per heavy atom. The molecule has 1 heterocycles. The summed E-state index contributed by atoms with van der Waals surface area (Å²) in [5, 5.41) is 11.3. The molecule has 1 atom stereocenters. The van der Waals surface area contributed by atoms with Crippen molar-refractivity contribution in [1.29, 1.82) is 0 Å². The van der Waals surface area contributed by atoms with Crippen LogP contribution in [0, 0.1) is 5.92 Å². The lowest BCUT2D eigenvalue weighted by molar-refractivity contribution is -0.137. The molecule has 0 fully saturated rings. The topological polar surface area (TPSA) is 84.2 Å². The van der Waals surface area contributed by atoms with Crippen LogP contribution in [0.2, 0.25) is 0 Å². The van der Waals surface area contributed by atoms with Crippen molar-refractivity contribution in [2.24, 2.45) is 13.0 Å². The molecule has 0 saturated carbocycles. The minimum Gasteiger partial charge on any atom is -0.481 e. The van der Waals surface area contributed by atoms with E-state index in [0.717, 1.165) is 6.42 Å². The van der Waals surface area contributed by atoms with Gasteiger partial charge in [0.1, 0.15) is 5.69 Å². The summed E-state index contributed by atoms with van der Waals surface area (Å²) in [5.74, 6) is -0.689. The molecule has 0 aliphatic heterocycles. The fraction of sp³-hybridized carbons (Fsp3) is 0.583. The third-order valence-electron chi connectivity index (χ3n) is 2.71. The summed E-state index contributed by atoms with van der Waals surface area (Å²) in [6.07, 6.45) is 4.81. The van der Waals surface area contributed by atoms with Crippen LogP contribution in [0.15, 0.2) is 12.5 Å². The van der Waals surface area contributed by atoms with Gasteiger partial charge in [0.25, 0.3) is 5.91 Å². The van der Waals surface area contributed by atoms with E-state index < -0.39 is 5.97 Å². The molecule has 2 N–H and O–H groups in total. The fourth-order valence-corrected chi connectivity index (χ4v) is 1.57. The molecule has 1 unspecified atom stereocenters. The Hall–Kier alpha value is -1.85. The number of aryl methyl sites for hydroxylation is 1. The van der Waals surface area contributed by atoms with E-state index >= 15 is 0 Å². The highest BCUT2D eigenvalue weighted by Gasteiger charge is 2.09. The average Bonchev–Trinajstić information content (AvgIpc) is 2.73. The van der Waals surface area contributed by atoms with Gasteiger partial charge in [0, 0.05) is 26.2 Å². The van der Waals surface area contributed by atoms with Crippen LogP contribution in [0.25, 0.3) is 0 Å². The van der Waals surface area contributed by atoms with E-state index in [9.17, 15) is 9.59 Å². The van der Waals surface area contributed by atoms with E-state index in [1.54, 1.807) is 24.1 Å². The first-order chi connectivity index (χ1) is 8.49. The highest BCUT2D eigenvalue weighted by atomic mass is 16.4. The van der Waals surface area contributed by atoms with E-state index in [4.69, 9.17) is 5.11 Å². The van der Waals surface area contributed by atoms with Gasteiger partial charge in [0.15, 0.2) is 0 Å². The predicted molar refractivity (Wildman–Crippen MR) is 66.2 cm³/mol. The number of imidazole rings is 1. The zero-order chi connectivity index (χ0) is 13.5. The summed E-state index contributed by atoms with van der Waals surface area (Å²) < 4.78 is 1.71. The van der Waals surface area contributed by atoms with Gasteiger partial charge in [-0.05, 0) is 18.8 Å². The first-order valence-electron chi connectivity index (χ1n) is 5.97. The summed E-state index contributed by atoms with van der Waals surface area (Å²) in [7, 11) is 1.80. The van der Waals surface area contributed by atoms with Crippen molar-refractivity contribution < 1.29 is 14.7 Å². The maximum Gasteiger partial charge on any atom is 0.303 e. The highest BCUT2D eigenvalue weighted by Crippen LogP contribution is 2.09. The Balaban J connectivity index is 2.21. The maximum absolute atomic E-state index is 11.6. The van der Waals surface area contributed by atoms with E-state index in [1.165, 1.54) is 0 Å². The summed E-state index contributed by atoms with van der Waals surface area (Å²) in [6.45, 7) is 2.52. The number of rotatable bonds is 7. The van der Waals surface area contributed by atoms with Crippen LogP contribution < -0.4 is 5.32 Å². The number of hydrogen-bond acceptors (Lipinski definition) is 3. The Bertz CT molecular complexity index is 414. The molecule has 1 rings (SSSR count). The van der Waals surface area contributed by atoms with Crippen molar-refractivity contribution in [2.75, 3.05) is 6.54 Å². The first kappa shape index (κ1) is 14.2. The number of carboxylic acids is 1. The normalized spacial score (nSPS) is 12.1. The number of carboxylic acid groups (broad SMARTS) is 1. The molecular formula is C12H19N3O3. The maximum atomic E-state index is 11.6. The SMILES string of the molecule is CC(CCNC(=O)c1cn(C)cn1)CCC(=O)O. The zero-order valence-electron chi connectivity index (χ0n) is 10.7. The smallest absolute Gasteiger partial charge is 0.303 e. The van der Waals surface area contributed by atoms with Crippen molar-refractivity contribution in [2.45, 2.75) is 26.2 Å². The van der Waals surface area contributed by atoms with Crippen LogP contribution in [-0.4, -0.2) is 33.1 Å². The zero-order valence-corrected chi connectivity index (χ0v) is 10.7. The highest BCUT2D eigenvalue weighted by molar-refractivity contribution is 5.91. The second kappa shape index (κ2) is 6.78. The Kier molecular flexibility index (Phi) is 5.35. The third kappa shape index (κ3) is 4.99. The van der Waals surface area contributed by atoms with Crippen LogP contribution in [0.5, 0.6) is 0 Å². The molecule has 0 aliphatic rings. The number of nitrogens with one attached hydrogen (secondary N) is 1. The fourth-order valence-electron chi connectivity index (χ4n) is 1.57. The Labute approximate surface area is 106 Å². The van der Waals surface area contributed by atoms with Gasteiger partial charge >= 0.3 is 5.97 Å². The standard InChI is InChI=1S/C12H19N3O3/c1-9(3-4-11(16)17)5-6-13-12(18)10-7-15(2)8-14-10/h7-9H,3-6H2,1-2H3,(H,13,18)(H,16,17). The summed E-state index contributed by atoms with van der Waals surface area (Å²) in [5.41, 5.74) is 0.399. The molecule has 18 heavy (non-hydrogen) atoms. The molecular weight excluding hydrogens is 234 g/mol. The van der Waals surface area contributed by atoms with Crippen LogP contribution in [0.1, 0.15) is 36.7 Å². The van der Waals surface area contributed by atoms with E-state index in [2.05, 4.69) is 10.3 Å². The second-order valence-electron chi connectivity index (χ2n) is 4.51. The lowest BCUT2D eigenvalue weighted by Gasteiger charge is -2.10. The van der Waals surface area contributed by atoms with Crippen LogP contribution in [0.3, 0.4) is 0 Å². The number of hydrogen-bond donors (Lipinski definition) is 2. The molecule has 6 heteroatoms. The van der Waals surface area contributed by atoms with E-state index in [1.807, 2.05) is 6.92 Å². The van der Waals surface area contributed by atoms with E-state index in [-0.39, 0.29) is 18.2 Å². The van der Waals surface area contributed by atoms with Crippen molar-refractivity contribution in [1.82, 2.24) is 14.9 Å². The van der Waals surface area contributed by atoms with Gasteiger partial charge in [-0.3, -0.25) is 9.59 Å². The summed E-state index contributed by atoms with van der Waals surface area (Å²) in [6, 6.07) is 0. The number of aromatic nitrogens is 2. The predicted octanol–water partition coefficient (Wildman–Crippen LogP) is 1.04. The van der Waals surface area contributed by atoms with Crippen molar-refractivity contribution in [3.8, 4) is 0 Å². The van der Waals surface area contributed by atoms with Crippen molar-refractivity contribution in [3.63, 3.8) is 0 Å². The second-order valence-corrected chi connectivity index (χ2v) is 4.51. The molecule has 1 aromatic heterocycles. The van der Waals surface area contributed by atoms with E-state index in [0.29, 0.717) is 18.7 Å². The van der Waals surface area contributed by atoms with Gasteiger partial charge in [-0.1, -0.05) is 6.92 Å². The molecule has 0 radical (unpaired) electrons. The monoisotopic (exact) mass is 253 g/mol. The van der Waals surface area contributed by atoms with Gasteiger partial charge in [-0.2, -0.15) is 0 Å². The first-order valence-corrected chi connectivity index (χ1v) is 5.97. The molecule has 6 nitrogen and oxygen atoms in total. The van der Waals surface area contributed by atoms with Crippen LogP contribution in [-0.2, 0) is 11.8 Å². The molecule has 0 aliphatic carbocycles. The van der Waals surface area contributed by atoms with Gasteiger partial charge < -0.3 is 15.0 Å². The van der Waals surface area contributed by atoms with Crippen molar-refractivity contribution >= 4 is 11.9 Å². The minimum atomic E-state index is -0.778. The molecule has 0 spiro atoms. The minimum absolute atomic E-state index is 0.176. The van der Waals surface area contributed by atoms with Gasteiger partial charge in [-0.25, -0.2) is 4.98 Å². The van der Waals surface area contributed by atoms with Crippen LogP contribution >= 0.6 is 0 Å². The summed E-state index contributed by atoms with van der Waals surface area (Å²) in [4.78, 5) is 26.0. The van der Waals surface area contributed by atoms with Crippen molar-refractivity contribution in [3.05, 3.63) is 18.2 Å². The van der Waals surface area contributed by atoms with Gasteiger partial charge in [0.2, 0.25) is 0 Å². The summed E-state index contributed by atoms with van der Waals surface area (Å²) >= 11 is 0.